The fraction of sp³-hybridized carbons (Fsp3) is 0.714. The van der Waals surface area contributed by atoms with Crippen LogP contribution in [0.4, 0.5) is 5.95 Å². The Balaban J connectivity index is 2.60. The minimum atomic E-state index is 0.225. The summed E-state index contributed by atoms with van der Waals surface area (Å²) in [6, 6.07) is 0. The van der Waals surface area contributed by atoms with E-state index in [1.165, 1.54) is 0 Å². The number of nitrogens with zero attached hydrogens (tertiary/aromatic N) is 2. The van der Waals surface area contributed by atoms with E-state index in [0.29, 0.717) is 11.8 Å². The van der Waals surface area contributed by atoms with Crippen molar-refractivity contribution in [2.45, 2.75) is 32.6 Å². The van der Waals surface area contributed by atoms with Gasteiger partial charge in [0.15, 0.2) is 0 Å². The van der Waals surface area contributed by atoms with E-state index in [9.17, 15) is 0 Å². The Bertz CT molecular complexity index is 221. The van der Waals surface area contributed by atoms with E-state index in [1.54, 1.807) is 0 Å². The van der Waals surface area contributed by atoms with Crippen molar-refractivity contribution in [1.82, 2.24) is 10.1 Å². The second-order valence-electron chi connectivity index (χ2n) is 2.68. The summed E-state index contributed by atoms with van der Waals surface area (Å²) < 4.78 is 4.89. The van der Waals surface area contributed by atoms with Crippen LogP contribution in [0.3, 0.4) is 0 Å². The molecule has 0 saturated carbocycles. The normalized spacial score (nSPS) is 13.3. The molecule has 1 atom stereocenters. The van der Waals surface area contributed by atoms with Crippen LogP contribution in [0.1, 0.15) is 38.5 Å². The zero-order valence-corrected chi connectivity index (χ0v) is 6.87. The smallest absolute Gasteiger partial charge is 0.260 e. The summed E-state index contributed by atoms with van der Waals surface area (Å²) in [7, 11) is 0. The number of aromatic nitrogens is 2. The topological polar surface area (TPSA) is 64.9 Å². The molecule has 0 fully saturated rings. The van der Waals surface area contributed by atoms with Crippen LogP contribution in [0.2, 0.25) is 0 Å². The van der Waals surface area contributed by atoms with Crippen molar-refractivity contribution in [3.63, 3.8) is 0 Å². The predicted octanol–water partition coefficient (Wildman–Crippen LogP) is 1.56. The van der Waals surface area contributed by atoms with Crippen LogP contribution < -0.4 is 5.73 Å². The van der Waals surface area contributed by atoms with Gasteiger partial charge >= 0.3 is 0 Å². The van der Waals surface area contributed by atoms with E-state index >= 15 is 0 Å². The van der Waals surface area contributed by atoms with E-state index in [-0.39, 0.29) is 5.95 Å². The first kappa shape index (κ1) is 8.04. The van der Waals surface area contributed by atoms with Gasteiger partial charge in [-0.3, -0.25) is 0 Å². The molecule has 11 heavy (non-hydrogen) atoms. The number of rotatable bonds is 3. The fourth-order valence-electron chi connectivity index (χ4n) is 1.00. The first-order valence-electron chi connectivity index (χ1n) is 3.83. The summed E-state index contributed by atoms with van der Waals surface area (Å²) in [6.45, 7) is 4.17. The molecule has 0 radical (unpaired) electrons. The van der Waals surface area contributed by atoms with E-state index in [0.717, 1.165) is 12.8 Å². The zero-order chi connectivity index (χ0) is 8.27. The van der Waals surface area contributed by atoms with Crippen LogP contribution in [0, 0.1) is 0 Å². The molecule has 0 aliphatic carbocycles. The molecule has 0 aliphatic rings. The lowest BCUT2D eigenvalue weighted by Crippen LogP contribution is -1.93. The maximum Gasteiger partial charge on any atom is 0.260 e. The maximum absolute atomic E-state index is 5.30. The Hall–Kier alpha value is -1.06. The zero-order valence-electron chi connectivity index (χ0n) is 6.87. The lowest BCUT2D eigenvalue weighted by Gasteiger charge is -2.01. The highest BCUT2D eigenvalue weighted by Crippen LogP contribution is 2.18. The molecule has 0 saturated heterocycles. The van der Waals surface area contributed by atoms with Crippen LogP contribution >= 0.6 is 0 Å². The van der Waals surface area contributed by atoms with Gasteiger partial charge in [-0.15, -0.1) is 0 Å². The Morgan fingerprint density at radius 1 is 1.64 bits per heavy atom. The molecule has 0 amide bonds. The Kier molecular flexibility index (Phi) is 2.46. The minimum absolute atomic E-state index is 0.225. The molecular formula is C7H13N3O. The number of nitrogen functional groups attached to an aromatic ring is 1. The van der Waals surface area contributed by atoms with E-state index in [1.807, 2.05) is 0 Å². The van der Waals surface area contributed by atoms with Crippen molar-refractivity contribution >= 4 is 5.95 Å². The number of nitrogens with two attached hydrogens (primary N) is 1. The van der Waals surface area contributed by atoms with Gasteiger partial charge in [0.05, 0.1) is 0 Å². The summed E-state index contributed by atoms with van der Waals surface area (Å²) in [5.74, 6) is 1.19. The van der Waals surface area contributed by atoms with Crippen molar-refractivity contribution in [1.29, 1.82) is 0 Å². The second-order valence-corrected chi connectivity index (χ2v) is 2.68. The summed E-state index contributed by atoms with van der Waals surface area (Å²) in [4.78, 5) is 3.93. The third-order valence-corrected chi connectivity index (χ3v) is 1.60. The van der Waals surface area contributed by atoms with E-state index in [2.05, 4.69) is 24.0 Å². The van der Waals surface area contributed by atoms with Crippen LogP contribution in [0.25, 0.3) is 0 Å². The van der Waals surface area contributed by atoms with Crippen LogP contribution in [0.15, 0.2) is 4.52 Å². The minimum Gasteiger partial charge on any atom is -0.365 e. The molecule has 4 nitrogen and oxygen atoms in total. The highest BCUT2D eigenvalue weighted by atomic mass is 16.5. The lowest BCUT2D eigenvalue weighted by atomic mass is 10.1. The summed E-state index contributed by atoms with van der Waals surface area (Å²) in [5.41, 5.74) is 5.30. The molecule has 4 heteroatoms. The molecular weight excluding hydrogens is 142 g/mol. The summed E-state index contributed by atoms with van der Waals surface area (Å²) in [5, 5.41) is 3.51. The molecule has 1 aromatic rings. The van der Waals surface area contributed by atoms with Crippen molar-refractivity contribution in [3.05, 3.63) is 5.89 Å². The van der Waals surface area contributed by atoms with Gasteiger partial charge in [0.1, 0.15) is 0 Å². The predicted molar refractivity (Wildman–Crippen MR) is 42.0 cm³/mol. The third kappa shape index (κ3) is 1.93. The van der Waals surface area contributed by atoms with Crippen LogP contribution in [-0.2, 0) is 0 Å². The van der Waals surface area contributed by atoms with Gasteiger partial charge < -0.3 is 10.3 Å². The second kappa shape index (κ2) is 3.37. The highest BCUT2D eigenvalue weighted by molar-refractivity contribution is 5.11. The Morgan fingerprint density at radius 3 is 2.82 bits per heavy atom. The molecule has 1 rings (SSSR count). The van der Waals surface area contributed by atoms with Gasteiger partial charge in [0.2, 0.25) is 5.89 Å². The maximum atomic E-state index is 5.30. The largest absolute Gasteiger partial charge is 0.365 e. The molecule has 62 valence electrons. The first-order chi connectivity index (χ1) is 5.24. The van der Waals surface area contributed by atoms with Gasteiger partial charge in [-0.25, -0.2) is 0 Å². The molecule has 1 heterocycles. The van der Waals surface area contributed by atoms with Gasteiger partial charge in [-0.05, 0) is 11.6 Å². The van der Waals surface area contributed by atoms with Crippen molar-refractivity contribution in [2.75, 3.05) is 5.73 Å². The highest BCUT2D eigenvalue weighted by Gasteiger charge is 2.11. The molecule has 0 aliphatic heterocycles. The number of hydrogen-bond acceptors (Lipinski definition) is 4. The number of hydrogen-bond donors (Lipinski definition) is 1. The molecule has 0 spiro atoms. The lowest BCUT2D eigenvalue weighted by molar-refractivity contribution is 0.353. The molecule has 2 N–H and O–H groups in total. The van der Waals surface area contributed by atoms with Crippen LogP contribution in [0.5, 0.6) is 0 Å². The monoisotopic (exact) mass is 155 g/mol. The SMILES string of the molecule is CCCC(C)c1nc(N)no1. The van der Waals surface area contributed by atoms with Gasteiger partial charge in [0, 0.05) is 5.92 Å². The first-order valence-corrected chi connectivity index (χ1v) is 3.83. The Morgan fingerprint density at radius 2 is 2.36 bits per heavy atom. The van der Waals surface area contributed by atoms with Crippen molar-refractivity contribution < 1.29 is 4.52 Å². The standard InChI is InChI=1S/C7H13N3O/c1-3-4-5(2)6-9-7(8)10-11-6/h5H,3-4H2,1-2H3,(H2,8,10). The third-order valence-electron chi connectivity index (χ3n) is 1.60. The van der Waals surface area contributed by atoms with E-state index in [4.69, 9.17) is 10.3 Å². The molecule has 0 aromatic carbocycles. The fourth-order valence-corrected chi connectivity index (χ4v) is 1.00. The van der Waals surface area contributed by atoms with Gasteiger partial charge in [-0.2, -0.15) is 4.98 Å². The average Bonchev–Trinajstić information content (AvgIpc) is 2.36. The molecule has 1 unspecified atom stereocenters. The molecule has 0 bridgehead atoms. The summed E-state index contributed by atoms with van der Waals surface area (Å²) >= 11 is 0. The average molecular weight is 155 g/mol. The summed E-state index contributed by atoms with van der Waals surface area (Å²) in [6.07, 6.45) is 2.17. The van der Waals surface area contributed by atoms with Crippen LogP contribution in [-0.4, -0.2) is 10.1 Å². The van der Waals surface area contributed by atoms with Crippen molar-refractivity contribution in [3.8, 4) is 0 Å². The molecule has 1 aromatic heterocycles. The Labute approximate surface area is 65.8 Å². The quantitative estimate of drug-likeness (QED) is 0.719. The van der Waals surface area contributed by atoms with Gasteiger partial charge in [0.25, 0.3) is 5.95 Å². The van der Waals surface area contributed by atoms with E-state index < -0.39 is 0 Å². The van der Waals surface area contributed by atoms with Gasteiger partial charge in [-0.1, -0.05) is 20.3 Å². The van der Waals surface area contributed by atoms with Crippen molar-refractivity contribution in [2.24, 2.45) is 0 Å². The number of anilines is 1.